The highest BCUT2D eigenvalue weighted by atomic mass is 32.2. The van der Waals surface area contributed by atoms with E-state index in [-0.39, 0.29) is 5.91 Å². The predicted molar refractivity (Wildman–Crippen MR) is 107 cm³/mol. The van der Waals surface area contributed by atoms with Gasteiger partial charge in [0.2, 0.25) is 5.91 Å². The Kier molecular flexibility index (Phi) is 6.77. The molecular formula is C20H28N4O2S. The Morgan fingerprint density at radius 3 is 2.78 bits per heavy atom. The number of rotatable bonds is 7. The molecule has 7 heteroatoms. The van der Waals surface area contributed by atoms with Gasteiger partial charge in [-0.15, -0.1) is 10.2 Å². The molecular weight excluding hydrogens is 360 g/mol. The molecule has 1 heterocycles. The van der Waals surface area contributed by atoms with Crippen molar-refractivity contribution in [1.82, 2.24) is 20.1 Å². The van der Waals surface area contributed by atoms with E-state index in [1.807, 2.05) is 30.7 Å². The highest BCUT2D eigenvalue weighted by Gasteiger charge is 2.17. The van der Waals surface area contributed by atoms with Crippen molar-refractivity contribution in [3.8, 4) is 5.75 Å². The topological polar surface area (TPSA) is 69.0 Å². The highest BCUT2D eigenvalue weighted by molar-refractivity contribution is 7.99. The second-order valence-electron chi connectivity index (χ2n) is 7.21. The van der Waals surface area contributed by atoms with Gasteiger partial charge in [0.25, 0.3) is 0 Å². The first-order valence-electron chi connectivity index (χ1n) is 9.53. The van der Waals surface area contributed by atoms with Crippen LogP contribution in [0.2, 0.25) is 0 Å². The van der Waals surface area contributed by atoms with Crippen LogP contribution in [-0.4, -0.2) is 32.5 Å². The molecule has 1 saturated carbocycles. The van der Waals surface area contributed by atoms with Gasteiger partial charge in [-0.1, -0.05) is 48.7 Å². The van der Waals surface area contributed by atoms with Gasteiger partial charge in [-0.3, -0.25) is 4.79 Å². The van der Waals surface area contributed by atoms with E-state index in [2.05, 4.69) is 28.5 Å². The lowest BCUT2D eigenvalue weighted by molar-refractivity contribution is -0.119. The minimum absolute atomic E-state index is 0.0722. The van der Waals surface area contributed by atoms with Gasteiger partial charge in [-0.05, 0) is 38.3 Å². The van der Waals surface area contributed by atoms with Gasteiger partial charge >= 0.3 is 0 Å². The summed E-state index contributed by atoms with van der Waals surface area (Å²) in [6.07, 6.45) is 5.91. The van der Waals surface area contributed by atoms with Crippen LogP contribution in [0.15, 0.2) is 23.4 Å². The molecule has 0 spiro atoms. The summed E-state index contributed by atoms with van der Waals surface area (Å²) in [6, 6.07) is 6.45. The van der Waals surface area contributed by atoms with E-state index >= 15 is 0 Å². The summed E-state index contributed by atoms with van der Waals surface area (Å²) in [4.78, 5) is 12.2. The minimum atomic E-state index is 0.0722. The highest BCUT2D eigenvalue weighted by Crippen LogP contribution is 2.21. The smallest absolute Gasteiger partial charge is 0.230 e. The largest absolute Gasteiger partial charge is 0.485 e. The fourth-order valence-corrected chi connectivity index (χ4v) is 4.09. The molecule has 1 N–H and O–H groups in total. The third-order valence-corrected chi connectivity index (χ3v) is 5.94. The Morgan fingerprint density at radius 2 is 2.04 bits per heavy atom. The lowest BCUT2D eigenvalue weighted by atomic mass is 9.95. The number of aromatic nitrogens is 3. The van der Waals surface area contributed by atoms with Crippen LogP contribution in [0.25, 0.3) is 0 Å². The molecule has 1 aliphatic rings. The number of carbonyl (C=O) groups is 1. The molecule has 1 aliphatic carbocycles. The second kappa shape index (κ2) is 9.26. The number of amides is 1. The number of carbonyl (C=O) groups excluding carboxylic acids is 1. The van der Waals surface area contributed by atoms with Crippen LogP contribution in [0.3, 0.4) is 0 Å². The van der Waals surface area contributed by atoms with Crippen LogP contribution in [0.5, 0.6) is 5.75 Å². The summed E-state index contributed by atoms with van der Waals surface area (Å²) in [5.41, 5.74) is 2.31. The maximum atomic E-state index is 12.2. The van der Waals surface area contributed by atoms with Gasteiger partial charge in [-0.2, -0.15) is 0 Å². The summed E-state index contributed by atoms with van der Waals surface area (Å²) in [5, 5.41) is 12.3. The van der Waals surface area contributed by atoms with Crippen LogP contribution in [-0.2, 0) is 18.4 Å². The number of benzene rings is 1. The molecule has 0 aliphatic heterocycles. The molecule has 27 heavy (non-hydrogen) atoms. The van der Waals surface area contributed by atoms with Gasteiger partial charge in [0.1, 0.15) is 12.4 Å². The van der Waals surface area contributed by atoms with Crippen LogP contribution >= 0.6 is 11.8 Å². The van der Waals surface area contributed by atoms with Crippen molar-refractivity contribution >= 4 is 17.7 Å². The summed E-state index contributed by atoms with van der Waals surface area (Å²) in [7, 11) is 1.90. The third-order valence-electron chi connectivity index (χ3n) is 4.91. The van der Waals surface area contributed by atoms with Crippen molar-refractivity contribution < 1.29 is 9.53 Å². The van der Waals surface area contributed by atoms with Crippen molar-refractivity contribution in [2.75, 3.05) is 5.75 Å². The van der Waals surface area contributed by atoms with Gasteiger partial charge in [0.15, 0.2) is 11.0 Å². The lowest BCUT2D eigenvalue weighted by Crippen LogP contribution is -2.37. The van der Waals surface area contributed by atoms with Crippen molar-refractivity contribution in [3.63, 3.8) is 0 Å². The maximum absolute atomic E-state index is 12.2. The van der Waals surface area contributed by atoms with Crippen molar-refractivity contribution in [1.29, 1.82) is 0 Å². The van der Waals surface area contributed by atoms with Gasteiger partial charge in [0.05, 0.1) is 5.75 Å². The minimum Gasteiger partial charge on any atom is -0.485 e. The number of aryl methyl sites for hydroxylation is 2. The standard InChI is InChI=1S/C20H28N4O2S/c1-14-9-10-17(15(2)11-14)26-12-18-22-23-20(24(18)3)27-13-19(25)21-16-7-5-4-6-8-16/h9-11,16H,4-8,12-13H2,1-3H3,(H,21,25). The summed E-state index contributed by atoms with van der Waals surface area (Å²) < 4.78 is 7.78. The van der Waals surface area contributed by atoms with E-state index in [1.165, 1.54) is 36.6 Å². The zero-order valence-electron chi connectivity index (χ0n) is 16.3. The molecule has 0 atom stereocenters. The molecule has 2 aromatic rings. The fraction of sp³-hybridized carbons (Fsp3) is 0.550. The Balaban J connectivity index is 1.49. The molecule has 6 nitrogen and oxygen atoms in total. The molecule has 146 valence electrons. The average Bonchev–Trinajstić information content (AvgIpc) is 3.00. The molecule has 0 saturated heterocycles. The van der Waals surface area contributed by atoms with Gasteiger partial charge < -0.3 is 14.6 Å². The Labute approximate surface area is 165 Å². The number of thioether (sulfide) groups is 1. The van der Waals surface area contributed by atoms with E-state index < -0.39 is 0 Å². The number of nitrogens with one attached hydrogen (secondary N) is 1. The maximum Gasteiger partial charge on any atom is 0.230 e. The first kappa shape index (κ1) is 19.7. The second-order valence-corrected chi connectivity index (χ2v) is 8.15. The van der Waals surface area contributed by atoms with Crippen LogP contribution in [0, 0.1) is 13.8 Å². The van der Waals surface area contributed by atoms with Crippen LogP contribution in [0.1, 0.15) is 49.1 Å². The molecule has 0 bridgehead atoms. The summed E-state index contributed by atoms with van der Waals surface area (Å²) >= 11 is 1.41. The Hall–Kier alpha value is -2.02. The summed E-state index contributed by atoms with van der Waals surface area (Å²) in [5.74, 6) is 2.03. The van der Waals surface area contributed by atoms with Crippen LogP contribution < -0.4 is 10.1 Å². The van der Waals surface area contributed by atoms with Crippen molar-refractivity contribution in [2.45, 2.75) is 63.8 Å². The summed E-state index contributed by atoms with van der Waals surface area (Å²) in [6.45, 7) is 4.45. The third kappa shape index (κ3) is 5.48. The number of hydrogen-bond acceptors (Lipinski definition) is 5. The van der Waals surface area contributed by atoms with Crippen molar-refractivity contribution in [2.24, 2.45) is 7.05 Å². The van der Waals surface area contributed by atoms with Gasteiger partial charge in [-0.25, -0.2) is 0 Å². The number of hydrogen-bond donors (Lipinski definition) is 1. The van der Waals surface area contributed by atoms with Gasteiger partial charge in [0, 0.05) is 13.1 Å². The quantitative estimate of drug-likeness (QED) is 0.735. The molecule has 3 rings (SSSR count). The number of ether oxygens (including phenoxy) is 1. The van der Waals surface area contributed by atoms with E-state index in [0.717, 1.165) is 35.1 Å². The monoisotopic (exact) mass is 388 g/mol. The zero-order valence-corrected chi connectivity index (χ0v) is 17.1. The Bertz CT molecular complexity index is 784. The fourth-order valence-electron chi connectivity index (χ4n) is 3.35. The first-order chi connectivity index (χ1) is 13.0. The van der Waals surface area contributed by atoms with E-state index in [9.17, 15) is 4.79 Å². The van der Waals surface area contributed by atoms with E-state index in [0.29, 0.717) is 18.4 Å². The Morgan fingerprint density at radius 1 is 1.26 bits per heavy atom. The average molecular weight is 389 g/mol. The number of nitrogens with zero attached hydrogens (tertiary/aromatic N) is 3. The SMILES string of the molecule is Cc1ccc(OCc2nnc(SCC(=O)NC3CCCCC3)n2C)c(C)c1. The molecule has 1 fully saturated rings. The molecule has 0 unspecified atom stereocenters. The van der Waals surface area contributed by atoms with E-state index in [1.54, 1.807) is 0 Å². The molecule has 0 radical (unpaired) electrons. The zero-order chi connectivity index (χ0) is 19.2. The van der Waals surface area contributed by atoms with Crippen LogP contribution in [0.4, 0.5) is 0 Å². The normalized spacial score (nSPS) is 14.9. The molecule has 1 aromatic heterocycles. The molecule has 1 amide bonds. The first-order valence-corrected chi connectivity index (χ1v) is 10.5. The molecule has 1 aromatic carbocycles. The van der Waals surface area contributed by atoms with E-state index in [4.69, 9.17) is 4.74 Å². The lowest BCUT2D eigenvalue weighted by Gasteiger charge is -2.22. The van der Waals surface area contributed by atoms with Crippen molar-refractivity contribution in [3.05, 3.63) is 35.2 Å². The predicted octanol–water partition coefficient (Wildman–Crippen LogP) is 3.55.